The number of ether oxygens (including phenoxy) is 2. The number of hydrogen-bond donors (Lipinski definition) is 0. The molecular weight excluding hydrogens is 408 g/mol. The summed E-state index contributed by atoms with van der Waals surface area (Å²) in [6, 6.07) is 4.11. The number of nitrogens with zero attached hydrogens (tertiary/aromatic N) is 4. The second-order valence-electron chi connectivity index (χ2n) is 7.64. The molecule has 158 valence electrons. The van der Waals surface area contributed by atoms with E-state index >= 15 is 0 Å². The Labute approximate surface area is 180 Å². The molecule has 0 unspecified atom stereocenters. The van der Waals surface area contributed by atoms with Crippen molar-refractivity contribution in [3.8, 4) is 10.7 Å². The number of carbonyl (C=O) groups excluding carboxylic acids is 1. The molecule has 0 saturated carbocycles. The van der Waals surface area contributed by atoms with Crippen molar-refractivity contribution >= 4 is 29.5 Å². The molecule has 4 heterocycles. The van der Waals surface area contributed by atoms with Gasteiger partial charge in [-0.25, -0.2) is 4.68 Å². The van der Waals surface area contributed by atoms with Crippen LogP contribution in [-0.4, -0.2) is 57.6 Å². The molecule has 7 nitrogen and oxygen atoms in total. The Hall–Kier alpha value is -1.55. The molecule has 2 aromatic heterocycles. The smallest absolute Gasteiger partial charge is 0.310 e. The van der Waals surface area contributed by atoms with Crippen LogP contribution >= 0.6 is 23.6 Å². The van der Waals surface area contributed by atoms with Crippen LogP contribution in [0, 0.1) is 10.7 Å². The van der Waals surface area contributed by atoms with Gasteiger partial charge in [-0.05, 0) is 62.8 Å². The number of rotatable bonds is 7. The van der Waals surface area contributed by atoms with Crippen molar-refractivity contribution in [3.05, 3.63) is 22.3 Å². The molecule has 0 bridgehead atoms. The van der Waals surface area contributed by atoms with Crippen molar-refractivity contribution < 1.29 is 14.3 Å². The first-order chi connectivity index (χ1) is 14.2. The Bertz CT molecular complexity index is 871. The van der Waals surface area contributed by atoms with Crippen LogP contribution in [0.5, 0.6) is 0 Å². The van der Waals surface area contributed by atoms with E-state index in [0.717, 1.165) is 56.1 Å². The van der Waals surface area contributed by atoms with E-state index in [1.54, 1.807) is 11.3 Å². The molecule has 0 spiro atoms. The van der Waals surface area contributed by atoms with Crippen molar-refractivity contribution in [2.24, 2.45) is 5.92 Å². The van der Waals surface area contributed by atoms with Crippen LogP contribution in [0.4, 0.5) is 0 Å². The summed E-state index contributed by atoms with van der Waals surface area (Å²) < 4.78 is 15.8. The van der Waals surface area contributed by atoms with Gasteiger partial charge in [0.25, 0.3) is 0 Å². The van der Waals surface area contributed by atoms with Gasteiger partial charge in [-0.3, -0.25) is 14.3 Å². The summed E-state index contributed by atoms with van der Waals surface area (Å²) in [6.07, 6.45) is 4.22. The SMILES string of the molecule is CCOC(=O)[C@@H]1CCCN(Cn2nc(-c3cccs3)n(C[C@H]3CCCO3)c2=S)C1. The molecule has 9 heteroatoms. The highest BCUT2D eigenvalue weighted by Gasteiger charge is 2.28. The molecule has 2 aromatic rings. The van der Waals surface area contributed by atoms with E-state index in [-0.39, 0.29) is 18.0 Å². The highest BCUT2D eigenvalue weighted by atomic mass is 32.1. The predicted octanol–water partition coefficient (Wildman–Crippen LogP) is 3.55. The van der Waals surface area contributed by atoms with Gasteiger partial charge in [0.15, 0.2) is 10.6 Å². The minimum Gasteiger partial charge on any atom is -0.466 e. The summed E-state index contributed by atoms with van der Waals surface area (Å²) in [5.41, 5.74) is 0. The fraction of sp³-hybridized carbons (Fsp3) is 0.650. The highest BCUT2D eigenvalue weighted by Crippen LogP contribution is 2.26. The quantitative estimate of drug-likeness (QED) is 0.489. The summed E-state index contributed by atoms with van der Waals surface area (Å²) in [6.45, 7) is 6.05. The van der Waals surface area contributed by atoms with E-state index in [0.29, 0.717) is 24.6 Å². The maximum absolute atomic E-state index is 12.2. The van der Waals surface area contributed by atoms with Crippen LogP contribution in [0.3, 0.4) is 0 Å². The standard InChI is InChI=1S/C20H28N4O3S2/c1-2-26-19(25)15-6-3-9-22(12-15)14-24-20(28)23(13-16-7-4-10-27-16)18(21-24)17-8-5-11-29-17/h5,8,11,15-16H,2-4,6-7,9-10,12-14H2,1H3/t15-,16-/m1/s1. The fourth-order valence-electron chi connectivity index (χ4n) is 4.10. The third kappa shape index (κ3) is 4.79. The second-order valence-corrected chi connectivity index (χ2v) is 8.95. The van der Waals surface area contributed by atoms with Crippen molar-refractivity contribution in [1.29, 1.82) is 0 Å². The van der Waals surface area contributed by atoms with Crippen molar-refractivity contribution in [3.63, 3.8) is 0 Å². The lowest BCUT2D eigenvalue weighted by atomic mass is 9.99. The molecule has 2 saturated heterocycles. The minimum atomic E-state index is -0.0935. The third-order valence-corrected chi connectivity index (χ3v) is 6.83. The normalized spacial score (nSPS) is 22.8. The second kappa shape index (κ2) is 9.51. The Kier molecular flexibility index (Phi) is 6.79. The first-order valence-corrected chi connectivity index (χ1v) is 11.7. The maximum atomic E-state index is 12.2. The highest BCUT2D eigenvalue weighted by molar-refractivity contribution is 7.71. The molecule has 0 aliphatic carbocycles. The summed E-state index contributed by atoms with van der Waals surface area (Å²) >= 11 is 7.47. The average Bonchev–Trinajstić information content (AvgIpc) is 3.47. The van der Waals surface area contributed by atoms with Crippen molar-refractivity contribution in [2.45, 2.75) is 51.9 Å². The zero-order valence-electron chi connectivity index (χ0n) is 16.8. The zero-order chi connectivity index (χ0) is 20.2. The average molecular weight is 437 g/mol. The predicted molar refractivity (Wildman–Crippen MR) is 114 cm³/mol. The Morgan fingerprint density at radius 2 is 2.31 bits per heavy atom. The minimum absolute atomic E-state index is 0.0661. The van der Waals surface area contributed by atoms with Gasteiger partial charge in [0.05, 0.1) is 36.7 Å². The first-order valence-electron chi connectivity index (χ1n) is 10.4. The van der Waals surface area contributed by atoms with Crippen LogP contribution in [0.25, 0.3) is 10.7 Å². The van der Waals surface area contributed by atoms with E-state index in [2.05, 4.69) is 20.9 Å². The van der Waals surface area contributed by atoms with E-state index in [4.69, 9.17) is 26.8 Å². The Morgan fingerprint density at radius 3 is 3.03 bits per heavy atom. The lowest BCUT2D eigenvalue weighted by molar-refractivity contribution is -0.150. The molecule has 0 N–H and O–H groups in total. The van der Waals surface area contributed by atoms with Crippen LogP contribution in [0.1, 0.15) is 32.6 Å². The molecule has 4 rings (SSSR count). The Balaban J connectivity index is 1.54. The number of aromatic nitrogens is 3. The zero-order valence-corrected chi connectivity index (χ0v) is 18.4. The van der Waals surface area contributed by atoms with Crippen molar-refractivity contribution in [2.75, 3.05) is 26.3 Å². The van der Waals surface area contributed by atoms with Crippen LogP contribution in [0.2, 0.25) is 0 Å². The van der Waals surface area contributed by atoms with E-state index in [1.165, 1.54) is 0 Å². The van der Waals surface area contributed by atoms with Gasteiger partial charge in [0.1, 0.15) is 0 Å². The molecule has 2 aliphatic rings. The number of carbonyl (C=O) groups is 1. The van der Waals surface area contributed by atoms with Gasteiger partial charge in [0, 0.05) is 13.2 Å². The molecule has 2 fully saturated rings. The largest absolute Gasteiger partial charge is 0.466 e. The van der Waals surface area contributed by atoms with Crippen LogP contribution in [-0.2, 0) is 27.5 Å². The molecular formula is C20H28N4O3S2. The molecule has 2 atom stereocenters. The number of thiophene rings is 1. The number of likely N-dealkylation sites (tertiary alicyclic amines) is 1. The lowest BCUT2D eigenvalue weighted by Gasteiger charge is -2.31. The van der Waals surface area contributed by atoms with Gasteiger partial charge in [-0.15, -0.1) is 16.4 Å². The van der Waals surface area contributed by atoms with Gasteiger partial charge in [-0.1, -0.05) is 6.07 Å². The van der Waals surface area contributed by atoms with E-state index < -0.39 is 0 Å². The van der Waals surface area contributed by atoms with Crippen molar-refractivity contribution in [1.82, 2.24) is 19.2 Å². The molecule has 0 amide bonds. The van der Waals surface area contributed by atoms with E-state index in [9.17, 15) is 4.79 Å². The monoisotopic (exact) mass is 436 g/mol. The fourth-order valence-corrected chi connectivity index (χ4v) is 5.08. The van der Waals surface area contributed by atoms with E-state index in [1.807, 2.05) is 17.7 Å². The molecule has 0 aromatic carbocycles. The summed E-state index contributed by atoms with van der Waals surface area (Å²) in [4.78, 5) is 15.5. The summed E-state index contributed by atoms with van der Waals surface area (Å²) in [7, 11) is 0. The summed E-state index contributed by atoms with van der Waals surface area (Å²) in [5, 5.41) is 6.92. The molecule has 0 radical (unpaired) electrons. The number of piperidine rings is 1. The summed E-state index contributed by atoms with van der Waals surface area (Å²) in [5.74, 6) is 0.743. The van der Waals surface area contributed by atoms with Gasteiger partial charge in [-0.2, -0.15) is 0 Å². The topological polar surface area (TPSA) is 61.5 Å². The third-order valence-electron chi connectivity index (χ3n) is 5.53. The molecule has 29 heavy (non-hydrogen) atoms. The number of hydrogen-bond acceptors (Lipinski definition) is 7. The Morgan fingerprint density at radius 1 is 1.41 bits per heavy atom. The van der Waals surface area contributed by atoms with Gasteiger partial charge >= 0.3 is 5.97 Å². The lowest BCUT2D eigenvalue weighted by Crippen LogP contribution is -2.40. The molecule has 2 aliphatic heterocycles. The first kappa shape index (κ1) is 20.7. The van der Waals surface area contributed by atoms with Crippen LogP contribution in [0.15, 0.2) is 17.5 Å². The van der Waals surface area contributed by atoms with Gasteiger partial charge in [0.2, 0.25) is 0 Å². The van der Waals surface area contributed by atoms with Gasteiger partial charge < -0.3 is 9.47 Å². The number of esters is 1. The van der Waals surface area contributed by atoms with Crippen LogP contribution < -0.4 is 0 Å². The maximum Gasteiger partial charge on any atom is 0.310 e.